The van der Waals surface area contributed by atoms with Crippen molar-refractivity contribution < 1.29 is 14.3 Å². The van der Waals surface area contributed by atoms with Gasteiger partial charge in [0.05, 0.1) is 6.26 Å². The molecule has 0 radical (unpaired) electrons. The number of aromatic carboxylic acids is 1. The molecule has 1 aromatic heterocycles. The number of rotatable bonds is 7. The Morgan fingerprint density at radius 3 is 3.06 bits per heavy atom. The normalized spacial score (nSPS) is 12.6. The molecule has 0 aliphatic carbocycles. The molecule has 0 bridgehead atoms. The summed E-state index contributed by atoms with van der Waals surface area (Å²) in [6.45, 7) is 4.74. The lowest BCUT2D eigenvalue weighted by atomic mass is 10.2. The maximum Gasteiger partial charge on any atom is 0.372 e. The molecule has 0 aliphatic rings. The Labute approximate surface area is 99.4 Å². The van der Waals surface area contributed by atoms with E-state index < -0.39 is 5.97 Å². The fourth-order valence-electron chi connectivity index (χ4n) is 1.30. The van der Waals surface area contributed by atoms with E-state index in [1.807, 2.05) is 11.8 Å². The van der Waals surface area contributed by atoms with E-state index in [1.54, 1.807) is 6.07 Å². The van der Waals surface area contributed by atoms with E-state index in [1.165, 1.54) is 6.26 Å². The van der Waals surface area contributed by atoms with Crippen molar-refractivity contribution in [3.05, 3.63) is 23.7 Å². The first kappa shape index (κ1) is 13.1. The highest BCUT2D eigenvalue weighted by atomic mass is 32.2. The minimum atomic E-state index is -1.02. The molecular formula is C11H17NO3S. The van der Waals surface area contributed by atoms with Gasteiger partial charge in [0.25, 0.3) is 0 Å². The first-order valence-electron chi connectivity index (χ1n) is 5.26. The summed E-state index contributed by atoms with van der Waals surface area (Å²) in [4.78, 5) is 10.8. The summed E-state index contributed by atoms with van der Waals surface area (Å²) in [5, 5.41) is 12.1. The van der Waals surface area contributed by atoms with E-state index in [-0.39, 0.29) is 5.76 Å². The molecule has 0 saturated carbocycles. The van der Waals surface area contributed by atoms with Crippen LogP contribution in [0.15, 0.2) is 16.7 Å². The van der Waals surface area contributed by atoms with Crippen molar-refractivity contribution in [1.29, 1.82) is 0 Å². The first-order chi connectivity index (χ1) is 7.65. The molecule has 16 heavy (non-hydrogen) atoms. The van der Waals surface area contributed by atoms with Crippen molar-refractivity contribution in [1.82, 2.24) is 5.32 Å². The molecule has 0 spiro atoms. The lowest BCUT2D eigenvalue weighted by molar-refractivity contribution is 0.0660. The van der Waals surface area contributed by atoms with Crippen molar-refractivity contribution in [2.45, 2.75) is 26.4 Å². The van der Waals surface area contributed by atoms with E-state index in [0.29, 0.717) is 18.2 Å². The molecule has 0 aliphatic heterocycles. The van der Waals surface area contributed by atoms with E-state index >= 15 is 0 Å². The van der Waals surface area contributed by atoms with Crippen LogP contribution in [0.5, 0.6) is 0 Å². The average molecular weight is 243 g/mol. The van der Waals surface area contributed by atoms with E-state index in [0.717, 1.165) is 11.5 Å². The van der Waals surface area contributed by atoms with Crippen LogP contribution >= 0.6 is 11.8 Å². The second-order valence-electron chi connectivity index (χ2n) is 3.52. The quantitative estimate of drug-likeness (QED) is 0.768. The summed E-state index contributed by atoms with van der Waals surface area (Å²) in [5.74, 6) is 1.13. The largest absolute Gasteiger partial charge is 0.475 e. The van der Waals surface area contributed by atoms with Crippen LogP contribution in [0.3, 0.4) is 0 Å². The summed E-state index contributed by atoms with van der Waals surface area (Å²) >= 11 is 1.86. The number of hydrogen-bond acceptors (Lipinski definition) is 4. The second-order valence-corrected chi connectivity index (χ2v) is 4.84. The van der Waals surface area contributed by atoms with Gasteiger partial charge in [-0.3, -0.25) is 0 Å². The van der Waals surface area contributed by atoms with Crippen LogP contribution in [-0.2, 0) is 6.54 Å². The summed E-state index contributed by atoms with van der Waals surface area (Å²) < 4.78 is 4.89. The Morgan fingerprint density at radius 2 is 2.44 bits per heavy atom. The van der Waals surface area contributed by atoms with Gasteiger partial charge in [-0.2, -0.15) is 11.8 Å². The Morgan fingerprint density at radius 1 is 1.69 bits per heavy atom. The molecule has 0 saturated heterocycles. The second kappa shape index (κ2) is 6.60. The molecule has 0 amide bonds. The van der Waals surface area contributed by atoms with Gasteiger partial charge in [-0.1, -0.05) is 6.92 Å². The van der Waals surface area contributed by atoms with Gasteiger partial charge in [-0.25, -0.2) is 4.79 Å². The smallest absolute Gasteiger partial charge is 0.372 e. The van der Waals surface area contributed by atoms with Gasteiger partial charge in [-0.15, -0.1) is 0 Å². The van der Waals surface area contributed by atoms with E-state index in [4.69, 9.17) is 9.52 Å². The Bertz CT molecular complexity index is 338. The van der Waals surface area contributed by atoms with Gasteiger partial charge in [-0.05, 0) is 18.7 Å². The third-order valence-corrected chi connectivity index (χ3v) is 3.30. The zero-order valence-electron chi connectivity index (χ0n) is 9.53. The SMILES string of the molecule is CCSCC(C)NCc1ccoc1C(=O)O. The molecular weight excluding hydrogens is 226 g/mol. The minimum absolute atomic E-state index is 0.0304. The monoisotopic (exact) mass is 243 g/mol. The zero-order valence-corrected chi connectivity index (χ0v) is 10.3. The molecule has 2 N–H and O–H groups in total. The minimum Gasteiger partial charge on any atom is -0.475 e. The van der Waals surface area contributed by atoms with Crippen LogP contribution < -0.4 is 5.32 Å². The van der Waals surface area contributed by atoms with Crippen LogP contribution in [0.4, 0.5) is 0 Å². The van der Waals surface area contributed by atoms with E-state index in [9.17, 15) is 4.79 Å². The van der Waals surface area contributed by atoms with Gasteiger partial charge >= 0.3 is 5.97 Å². The maximum atomic E-state index is 10.8. The highest BCUT2D eigenvalue weighted by Gasteiger charge is 2.13. The van der Waals surface area contributed by atoms with Crippen molar-refractivity contribution in [2.24, 2.45) is 0 Å². The number of hydrogen-bond donors (Lipinski definition) is 2. The molecule has 1 atom stereocenters. The van der Waals surface area contributed by atoms with Gasteiger partial charge in [0, 0.05) is 23.9 Å². The fourth-order valence-corrected chi connectivity index (χ4v) is 2.01. The maximum absolute atomic E-state index is 10.8. The molecule has 90 valence electrons. The summed E-state index contributed by atoms with van der Waals surface area (Å²) in [6.07, 6.45) is 1.41. The van der Waals surface area contributed by atoms with Crippen LogP contribution in [0.2, 0.25) is 0 Å². The lowest BCUT2D eigenvalue weighted by Crippen LogP contribution is -2.28. The fraction of sp³-hybridized carbons (Fsp3) is 0.545. The Kier molecular flexibility index (Phi) is 5.42. The van der Waals surface area contributed by atoms with Crippen molar-refractivity contribution in [3.8, 4) is 0 Å². The highest BCUT2D eigenvalue weighted by molar-refractivity contribution is 7.99. The van der Waals surface area contributed by atoms with Crippen molar-refractivity contribution in [2.75, 3.05) is 11.5 Å². The number of carbonyl (C=O) groups is 1. The van der Waals surface area contributed by atoms with Gasteiger partial charge < -0.3 is 14.8 Å². The van der Waals surface area contributed by atoms with Gasteiger partial charge in [0.2, 0.25) is 5.76 Å². The third-order valence-electron chi connectivity index (χ3n) is 2.15. The number of carboxylic acid groups (broad SMARTS) is 1. The van der Waals surface area contributed by atoms with Gasteiger partial charge in [0.1, 0.15) is 0 Å². The Hall–Kier alpha value is -0.940. The summed E-state index contributed by atoms with van der Waals surface area (Å²) in [5.41, 5.74) is 0.695. The molecule has 5 heteroatoms. The zero-order chi connectivity index (χ0) is 12.0. The van der Waals surface area contributed by atoms with Crippen LogP contribution in [0.1, 0.15) is 30.0 Å². The molecule has 1 aromatic rings. The van der Waals surface area contributed by atoms with Gasteiger partial charge in [0.15, 0.2) is 0 Å². The first-order valence-corrected chi connectivity index (χ1v) is 6.41. The summed E-state index contributed by atoms with van der Waals surface area (Å²) in [7, 11) is 0. The average Bonchev–Trinajstić information content (AvgIpc) is 2.71. The van der Waals surface area contributed by atoms with Crippen molar-refractivity contribution in [3.63, 3.8) is 0 Å². The molecule has 1 rings (SSSR count). The molecule has 1 unspecified atom stereocenters. The molecule has 0 aromatic carbocycles. The number of thioether (sulfide) groups is 1. The molecule has 0 fully saturated rings. The van der Waals surface area contributed by atoms with Crippen LogP contribution in [0, 0.1) is 0 Å². The van der Waals surface area contributed by atoms with Crippen LogP contribution in [0.25, 0.3) is 0 Å². The number of carboxylic acids is 1. The van der Waals surface area contributed by atoms with Crippen LogP contribution in [-0.4, -0.2) is 28.6 Å². The lowest BCUT2D eigenvalue weighted by Gasteiger charge is -2.12. The Balaban J connectivity index is 2.42. The predicted molar refractivity (Wildman–Crippen MR) is 65.0 cm³/mol. The topological polar surface area (TPSA) is 62.5 Å². The third kappa shape index (κ3) is 3.90. The summed E-state index contributed by atoms with van der Waals surface area (Å²) in [6, 6.07) is 2.05. The molecule has 4 nitrogen and oxygen atoms in total. The highest BCUT2D eigenvalue weighted by Crippen LogP contribution is 2.11. The predicted octanol–water partition coefficient (Wildman–Crippen LogP) is 2.21. The number of furan rings is 1. The van der Waals surface area contributed by atoms with E-state index in [2.05, 4.69) is 19.2 Å². The molecule has 1 heterocycles. The van der Waals surface area contributed by atoms with Crippen molar-refractivity contribution >= 4 is 17.7 Å². The standard InChI is InChI=1S/C11H17NO3S/c1-3-16-7-8(2)12-6-9-4-5-15-10(9)11(13)14/h4-5,8,12H,3,6-7H2,1-2H3,(H,13,14). The number of nitrogens with one attached hydrogen (secondary N) is 1.